The minimum absolute atomic E-state index is 0.456. The van der Waals surface area contributed by atoms with Crippen LogP contribution in [0.4, 0.5) is 0 Å². The van der Waals surface area contributed by atoms with Crippen LogP contribution in [0.2, 0.25) is 0 Å². The second kappa shape index (κ2) is 4.32. The van der Waals surface area contributed by atoms with Crippen LogP contribution in [0.25, 0.3) is 0 Å². The average Bonchev–Trinajstić information content (AvgIpc) is 1.84. The molecule has 0 bridgehead atoms. The number of unbranched alkanes of at least 4 members (excludes halogenated alkanes) is 1. The van der Waals surface area contributed by atoms with Gasteiger partial charge in [-0.3, -0.25) is 0 Å². The Kier molecular flexibility index (Phi) is 3.28. The topological polar surface area (TPSA) is 21.3 Å². The van der Waals surface area contributed by atoms with Crippen molar-refractivity contribution in [2.45, 2.75) is 18.9 Å². The lowest BCUT2D eigenvalue weighted by Crippen LogP contribution is -2.48. The summed E-state index contributed by atoms with van der Waals surface area (Å²) >= 11 is 0. The van der Waals surface area contributed by atoms with E-state index >= 15 is 0 Å². The minimum Gasteiger partial charge on any atom is -0.376 e. The highest BCUT2D eigenvalue weighted by Gasteiger charge is 2.15. The summed E-state index contributed by atoms with van der Waals surface area (Å²) < 4.78 is 5.42. The van der Waals surface area contributed by atoms with Gasteiger partial charge in [0, 0.05) is 26.1 Å². The van der Waals surface area contributed by atoms with Crippen molar-refractivity contribution in [3.8, 4) is 12.3 Å². The molecular formula is C8H13NO. The normalized spacial score (nSPS) is 17.9. The van der Waals surface area contributed by atoms with Crippen LogP contribution in [-0.2, 0) is 4.74 Å². The summed E-state index contributed by atoms with van der Waals surface area (Å²) in [5, 5.41) is 3.14. The predicted octanol–water partition coefficient (Wildman–Crippen LogP) is 0.388. The van der Waals surface area contributed by atoms with Crippen LogP contribution in [0.1, 0.15) is 12.8 Å². The van der Waals surface area contributed by atoms with E-state index in [4.69, 9.17) is 11.2 Å². The van der Waals surface area contributed by atoms with Gasteiger partial charge >= 0.3 is 0 Å². The zero-order valence-electron chi connectivity index (χ0n) is 6.10. The number of hydrogen-bond donors (Lipinski definition) is 1. The zero-order chi connectivity index (χ0) is 7.23. The smallest absolute Gasteiger partial charge is 0.0823 e. The Bertz CT molecular complexity index is 124. The van der Waals surface area contributed by atoms with Crippen molar-refractivity contribution in [3.63, 3.8) is 0 Å². The molecule has 0 spiro atoms. The van der Waals surface area contributed by atoms with Crippen molar-refractivity contribution < 1.29 is 4.74 Å². The Hall–Kier alpha value is -0.520. The first-order valence-electron chi connectivity index (χ1n) is 3.69. The average molecular weight is 139 g/mol. The number of terminal acetylenes is 1. The molecule has 1 N–H and O–H groups in total. The third kappa shape index (κ3) is 2.38. The molecule has 0 atom stereocenters. The first-order chi connectivity index (χ1) is 4.93. The van der Waals surface area contributed by atoms with E-state index in [-0.39, 0.29) is 0 Å². The molecule has 1 rings (SSSR count). The Labute approximate surface area is 62.0 Å². The Morgan fingerprint density at radius 2 is 2.40 bits per heavy atom. The highest BCUT2D eigenvalue weighted by atomic mass is 16.5. The fraction of sp³-hybridized carbons (Fsp3) is 0.750. The molecule has 0 radical (unpaired) electrons. The summed E-state index contributed by atoms with van der Waals surface area (Å²) in [7, 11) is 0. The van der Waals surface area contributed by atoms with Crippen LogP contribution >= 0.6 is 0 Å². The molecule has 1 heterocycles. The molecule has 1 aliphatic rings. The molecule has 0 amide bonds. The summed E-state index contributed by atoms with van der Waals surface area (Å²) in [4.78, 5) is 0. The van der Waals surface area contributed by atoms with Gasteiger partial charge in [0.2, 0.25) is 0 Å². The second-order valence-electron chi connectivity index (χ2n) is 2.46. The van der Waals surface area contributed by atoms with Gasteiger partial charge in [-0.25, -0.2) is 0 Å². The van der Waals surface area contributed by atoms with Crippen molar-refractivity contribution in [2.75, 3.05) is 19.7 Å². The van der Waals surface area contributed by atoms with Crippen molar-refractivity contribution >= 4 is 0 Å². The van der Waals surface area contributed by atoms with Crippen LogP contribution < -0.4 is 5.32 Å². The monoisotopic (exact) mass is 139 g/mol. The van der Waals surface area contributed by atoms with Crippen LogP contribution in [0.3, 0.4) is 0 Å². The van der Waals surface area contributed by atoms with E-state index in [0.29, 0.717) is 6.10 Å². The van der Waals surface area contributed by atoms with E-state index in [0.717, 1.165) is 32.5 Å². The Morgan fingerprint density at radius 1 is 1.60 bits per heavy atom. The van der Waals surface area contributed by atoms with Gasteiger partial charge in [0.05, 0.1) is 6.10 Å². The van der Waals surface area contributed by atoms with Crippen molar-refractivity contribution in [2.24, 2.45) is 0 Å². The number of rotatable bonds is 4. The van der Waals surface area contributed by atoms with Gasteiger partial charge < -0.3 is 10.1 Å². The van der Waals surface area contributed by atoms with Gasteiger partial charge in [0.1, 0.15) is 0 Å². The highest BCUT2D eigenvalue weighted by Crippen LogP contribution is 1.99. The lowest BCUT2D eigenvalue weighted by molar-refractivity contribution is 0.0183. The van der Waals surface area contributed by atoms with Gasteiger partial charge in [-0.15, -0.1) is 12.3 Å². The molecule has 0 aromatic rings. The lowest BCUT2D eigenvalue weighted by Gasteiger charge is -2.26. The maximum Gasteiger partial charge on any atom is 0.0823 e. The molecule has 0 saturated carbocycles. The standard InChI is InChI=1S/C8H13NO/c1-2-3-4-5-10-8-6-9-7-8/h1,8-9H,3-7H2. The van der Waals surface area contributed by atoms with Gasteiger partial charge in [-0.05, 0) is 6.42 Å². The largest absolute Gasteiger partial charge is 0.376 e. The van der Waals surface area contributed by atoms with Crippen LogP contribution in [-0.4, -0.2) is 25.8 Å². The van der Waals surface area contributed by atoms with E-state index in [1.807, 2.05) is 0 Å². The quantitative estimate of drug-likeness (QED) is 0.449. The molecule has 1 saturated heterocycles. The molecule has 0 aromatic heterocycles. The summed E-state index contributed by atoms with van der Waals surface area (Å²) in [6.45, 7) is 2.84. The third-order valence-corrected chi connectivity index (χ3v) is 1.56. The third-order valence-electron chi connectivity index (χ3n) is 1.56. The zero-order valence-corrected chi connectivity index (χ0v) is 6.10. The van der Waals surface area contributed by atoms with Gasteiger partial charge in [-0.2, -0.15) is 0 Å². The summed E-state index contributed by atoms with van der Waals surface area (Å²) in [6.07, 6.45) is 7.36. The van der Waals surface area contributed by atoms with Crippen molar-refractivity contribution in [3.05, 3.63) is 0 Å². The molecule has 2 heteroatoms. The molecule has 0 unspecified atom stereocenters. The molecule has 1 aliphatic heterocycles. The maximum atomic E-state index is 5.42. The molecule has 1 fully saturated rings. The second-order valence-corrected chi connectivity index (χ2v) is 2.46. The van der Waals surface area contributed by atoms with E-state index < -0.39 is 0 Å². The molecular weight excluding hydrogens is 126 g/mol. The Balaban J connectivity index is 1.81. The van der Waals surface area contributed by atoms with Gasteiger partial charge in [-0.1, -0.05) is 0 Å². The van der Waals surface area contributed by atoms with Crippen LogP contribution in [0.15, 0.2) is 0 Å². The first kappa shape index (κ1) is 7.59. The summed E-state index contributed by atoms with van der Waals surface area (Å²) in [5.41, 5.74) is 0. The molecule has 0 aromatic carbocycles. The van der Waals surface area contributed by atoms with E-state index in [2.05, 4.69) is 11.2 Å². The molecule has 56 valence electrons. The fourth-order valence-electron chi connectivity index (χ4n) is 0.804. The fourth-order valence-corrected chi connectivity index (χ4v) is 0.804. The highest BCUT2D eigenvalue weighted by molar-refractivity contribution is 4.83. The lowest BCUT2D eigenvalue weighted by atomic mass is 10.2. The number of hydrogen-bond acceptors (Lipinski definition) is 2. The molecule has 10 heavy (non-hydrogen) atoms. The summed E-state index contributed by atoms with van der Waals surface area (Å²) in [6, 6.07) is 0. The maximum absolute atomic E-state index is 5.42. The first-order valence-corrected chi connectivity index (χ1v) is 3.69. The Morgan fingerprint density at radius 3 is 2.90 bits per heavy atom. The number of nitrogens with one attached hydrogen (secondary N) is 1. The van der Waals surface area contributed by atoms with Gasteiger partial charge in [0.15, 0.2) is 0 Å². The van der Waals surface area contributed by atoms with E-state index in [1.165, 1.54) is 0 Å². The minimum atomic E-state index is 0.456. The predicted molar refractivity (Wildman–Crippen MR) is 40.7 cm³/mol. The van der Waals surface area contributed by atoms with Crippen molar-refractivity contribution in [1.29, 1.82) is 0 Å². The number of ether oxygens (including phenoxy) is 1. The molecule has 2 nitrogen and oxygen atoms in total. The van der Waals surface area contributed by atoms with E-state index in [1.54, 1.807) is 0 Å². The van der Waals surface area contributed by atoms with Gasteiger partial charge in [0.25, 0.3) is 0 Å². The SMILES string of the molecule is C#CCCCOC1CNC1. The van der Waals surface area contributed by atoms with Crippen LogP contribution in [0.5, 0.6) is 0 Å². The summed E-state index contributed by atoms with van der Waals surface area (Å²) in [5.74, 6) is 2.58. The van der Waals surface area contributed by atoms with E-state index in [9.17, 15) is 0 Å². The molecule has 0 aliphatic carbocycles. The van der Waals surface area contributed by atoms with Crippen LogP contribution in [0, 0.1) is 12.3 Å². The van der Waals surface area contributed by atoms with Crippen molar-refractivity contribution in [1.82, 2.24) is 5.32 Å².